The van der Waals surface area contributed by atoms with Gasteiger partial charge in [0.15, 0.2) is 17.4 Å². The number of carbonyl (C=O) groups excluding carboxylic acids is 1. The van der Waals surface area contributed by atoms with Crippen molar-refractivity contribution in [2.45, 2.75) is 6.92 Å². The van der Waals surface area contributed by atoms with Gasteiger partial charge < -0.3 is 4.79 Å². The Kier molecular flexibility index (Phi) is 62.0. The molecule has 1 nitrogen and oxygen atoms in total. The van der Waals surface area contributed by atoms with Gasteiger partial charge in [-0.1, -0.05) is 0 Å². The molecule has 0 aliphatic carbocycles. The Morgan fingerprint density at radius 1 is 1.60 bits per heavy atom. The van der Waals surface area contributed by atoms with Crippen LogP contribution in [0.15, 0.2) is 0 Å². The molecule has 0 aliphatic rings. The summed E-state index contributed by atoms with van der Waals surface area (Å²) in [7, 11) is 0. The normalized spacial score (nSPS) is 2.60. The van der Waals surface area contributed by atoms with Crippen molar-refractivity contribution in [2.24, 2.45) is 0 Å². The maximum atomic E-state index is 8.81. The van der Waals surface area contributed by atoms with Crippen LogP contribution in [0.2, 0.25) is 0 Å². The fraction of sp³-hybridized carbons (Fsp3) is 0.500. The molecule has 0 fully saturated rings. The first-order valence-electron chi connectivity index (χ1n) is 0.813. The summed E-state index contributed by atoms with van der Waals surface area (Å²) < 4.78 is 0. The van der Waals surface area contributed by atoms with Gasteiger partial charge in [-0.3, -0.25) is 0 Å². The van der Waals surface area contributed by atoms with E-state index in [1.54, 1.807) is 0 Å². The van der Waals surface area contributed by atoms with E-state index in [1.807, 2.05) is 0 Å². The molecule has 0 aromatic rings. The minimum absolute atomic E-state index is 0. The molecule has 0 atom stereocenters. The molecule has 0 amide bonds. The van der Waals surface area contributed by atoms with Crippen LogP contribution in [0.1, 0.15) is 6.92 Å². The second-order valence-electron chi connectivity index (χ2n) is 0.236. The average Bonchev–Trinajstić information content (AvgIpc) is 0.918. The van der Waals surface area contributed by atoms with E-state index >= 15 is 0 Å². The van der Waals surface area contributed by atoms with Crippen molar-refractivity contribution in [1.82, 2.24) is 0 Å². The molecule has 0 bridgehead atoms. The summed E-state index contributed by atoms with van der Waals surface area (Å²) in [4.78, 5) is 8.81. The predicted octanol–water partition coefficient (Wildman–Crippen LogP) is -1.63. The first-order chi connectivity index (χ1) is 1.41. The van der Waals surface area contributed by atoms with E-state index in [-0.39, 0.29) is 46.9 Å². The van der Waals surface area contributed by atoms with E-state index in [0.717, 1.165) is 6.29 Å². The third-order valence-electron chi connectivity index (χ3n) is 0. The molecule has 0 rings (SSSR count). The third kappa shape index (κ3) is 36.9. The molecule has 0 saturated heterocycles. The molecule has 0 spiro atoms. The Morgan fingerprint density at radius 2 is 1.60 bits per heavy atom. The van der Waals surface area contributed by atoms with Gasteiger partial charge in [-0.2, -0.15) is 0 Å². The number of hydrogen-bond donors (Lipinski definition) is 0. The van der Waals surface area contributed by atoms with Crippen molar-refractivity contribution in [3.63, 3.8) is 0 Å². The summed E-state index contributed by atoms with van der Waals surface area (Å²) in [6.45, 7) is 1.44. The van der Waals surface area contributed by atoms with Crippen LogP contribution < -0.4 is 0 Å². The molecule has 5 heavy (non-hydrogen) atoms. The molecule has 0 radical (unpaired) electrons. The summed E-state index contributed by atoms with van der Waals surface area (Å²) in [5.74, 6) is 0. The Bertz CT molecular complexity index is 17.1. The first kappa shape index (κ1) is 16.4. The Morgan fingerprint density at radius 3 is 1.60 bits per heavy atom. The van der Waals surface area contributed by atoms with Crippen LogP contribution in [0.4, 0.5) is 0 Å². The standard InChI is InChI=1S/C2H4O.Al.Na.4H/c1-2-3;;;;;;/h2H,1H3;;;;;;. The SMILES string of the molecule is CC=O.[AlH3].[NaH]. The van der Waals surface area contributed by atoms with Crippen molar-refractivity contribution in [3.05, 3.63) is 0 Å². The zero-order valence-electron chi connectivity index (χ0n) is 1.99. The molecule has 0 aromatic carbocycles. The number of hydrogen-bond acceptors (Lipinski definition) is 1. The van der Waals surface area contributed by atoms with Crippen molar-refractivity contribution < 1.29 is 4.79 Å². The topological polar surface area (TPSA) is 17.1 Å². The summed E-state index contributed by atoms with van der Waals surface area (Å²) in [5.41, 5.74) is 0. The van der Waals surface area contributed by atoms with Crippen LogP contribution in [0.25, 0.3) is 0 Å². The van der Waals surface area contributed by atoms with Gasteiger partial charge >= 0.3 is 29.6 Å². The van der Waals surface area contributed by atoms with Crippen molar-refractivity contribution in [1.29, 1.82) is 0 Å². The fourth-order valence-electron chi connectivity index (χ4n) is 0. The van der Waals surface area contributed by atoms with Crippen LogP contribution in [0.5, 0.6) is 0 Å². The zero-order valence-corrected chi connectivity index (χ0v) is 1.99. The van der Waals surface area contributed by atoms with E-state index in [1.165, 1.54) is 6.92 Å². The Labute approximate surface area is 64.6 Å². The molecule has 0 N–H and O–H groups in total. The van der Waals surface area contributed by atoms with Gasteiger partial charge in [0.1, 0.15) is 6.29 Å². The van der Waals surface area contributed by atoms with E-state index in [9.17, 15) is 0 Å². The summed E-state index contributed by atoms with van der Waals surface area (Å²) in [6, 6.07) is 0. The maximum absolute atomic E-state index is 8.81. The molecule has 0 aromatic heterocycles. The second-order valence-corrected chi connectivity index (χ2v) is 0.236. The second kappa shape index (κ2) is 18.9. The quantitative estimate of drug-likeness (QED) is 0.263. The molecule has 0 unspecified atom stereocenters. The Hall–Kier alpha value is 1.20. The number of rotatable bonds is 0. The molecule has 0 saturated carbocycles. The van der Waals surface area contributed by atoms with Crippen LogP contribution >= 0.6 is 0 Å². The summed E-state index contributed by atoms with van der Waals surface area (Å²) >= 11 is 0. The molecule has 0 heterocycles. The average molecular weight is 98.1 g/mol. The van der Waals surface area contributed by atoms with Crippen LogP contribution in [-0.4, -0.2) is 53.2 Å². The molecular formula is C2H8AlNaO. The number of carbonyl (C=O) groups is 1. The van der Waals surface area contributed by atoms with E-state index in [2.05, 4.69) is 0 Å². The van der Waals surface area contributed by atoms with Gasteiger partial charge in [-0.15, -0.1) is 0 Å². The van der Waals surface area contributed by atoms with Gasteiger partial charge in [0.05, 0.1) is 0 Å². The molecular weight excluding hydrogens is 90.0 g/mol. The third-order valence-corrected chi connectivity index (χ3v) is 0. The van der Waals surface area contributed by atoms with Crippen LogP contribution in [0, 0.1) is 0 Å². The van der Waals surface area contributed by atoms with Gasteiger partial charge in [0, 0.05) is 0 Å². The van der Waals surface area contributed by atoms with Gasteiger partial charge in [-0.25, -0.2) is 0 Å². The first-order valence-corrected chi connectivity index (χ1v) is 0.813. The van der Waals surface area contributed by atoms with Crippen molar-refractivity contribution >= 4 is 53.2 Å². The van der Waals surface area contributed by atoms with Crippen molar-refractivity contribution in [3.8, 4) is 0 Å². The Balaban J connectivity index is -0.0000000200. The van der Waals surface area contributed by atoms with Crippen LogP contribution in [0.3, 0.4) is 0 Å². The number of aldehydes is 1. The van der Waals surface area contributed by atoms with E-state index in [4.69, 9.17) is 4.79 Å². The molecule has 3 heteroatoms. The van der Waals surface area contributed by atoms with E-state index < -0.39 is 0 Å². The van der Waals surface area contributed by atoms with Crippen molar-refractivity contribution in [2.75, 3.05) is 0 Å². The van der Waals surface area contributed by atoms with Gasteiger partial charge in [0.2, 0.25) is 0 Å². The minimum atomic E-state index is 0. The predicted molar refractivity (Wildman–Crippen MR) is 28.8 cm³/mol. The zero-order chi connectivity index (χ0) is 2.71. The van der Waals surface area contributed by atoms with E-state index in [0.29, 0.717) is 0 Å². The molecule has 26 valence electrons. The monoisotopic (exact) mass is 98.0 g/mol. The van der Waals surface area contributed by atoms with Gasteiger partial charge in [-0.05, 0) is 6.92 Å². The summed E-state index contributed by atoms with van der Waals surface area (Å²) in [6.07, 6.45) is 0.750. The molecule has 0 aliphatic heterocycles. The van der Waals surface area contributed by atoms with Gasteiger partial charge in [0.25, 0.3) is 0 Å². The van der Waals surface area contributed by atoms with Crippen LogP contribution in [-0.2, 0) is 4.79 Å². The summed E-state index contributed by atoms with van der Waals surface area (Å²) in [5, 5.41) is 0. The fourth-order valence-corrected chi connectivity index (χ4v) is 0.